The molecule has 0 aromatic carbocycles. The monoisotopic (exact) mass is 219 g/mol. The second-order valence-corrected chi connectivity index (χ2v) is 4.24. The molecule has 0 radical (unpaired) electrons. The second-order valence-electron chi connectivity index (χ2n) is 4.24. The van der Waals surface area contributed by atoms with Crippen molar-refractivity contribution < 1.29 is 4.79 Å². The van der Waals surface area contributed by atoms with Crippen molar-refractivity contribution in [3.63, 3.8) is 0 Å². The number of pyridine rings is 1. The van der Waals surface area contributed by atoms with E-state index in [-0.39, 0.29) is 11.8 Å². The molecule has 1 heterocycles. The molecule has 1 aliphatic carbocycles. The summed E-state index contributed by atoms with van der Waals surface area (Å²) in [4.78, 5) is 16.1. The van der Waals surface area contributed by atoms with Crippen LogP contribution in [0.15, 0.2) is 24.4 Å². The summed E-state index contributed by atoms with van der Waals surface area (Å²) >= 11 is 0. The van der Waals surface area contributed by atoms with Gasteiger partial charge in [-0.15, -0.1) is 0 Å². The number of anilines is 1. The first-order valence-corrected chi connectivity index (χ1v) is 5.73. The molecular formula is C12H17N3O. The molecule has 1 fully saturated rings. The number of carbonyl (C=O) groups excluding carboxylic acids is 1. The third kappa shape index (κ3) is 2.39. The Labute approximate surface area is 95.3 Å². The van der Waals surface area contributed by atoms with Crippen LogP contribution in [0.1, 0.15) is 19.3 Å². The average Bonchev–Trinajstić information content (AvgIpc) is 2.78. The highest BCUT2D eigenvalue weighted by molar-refractivity contribution is 5.92. The van der Waals surface area contributed by atoms with Gasteiger partial charge < -0.3 is 11.1 Å². The lowest BCUT2D eigenvalue weighted by Crippen LogP contribution is -2.29. The molecule has 0 aliphatic heterocycles. The molecule has 1 aliphatic rings. The highest BCUT2D eigenvalue weighted by Gasteiger charge is 2.31. The zero-order valence-corrected chi connectivity index (χ0v) is 9.23. The summed E-state index contributed by atoms with van der Waals surface area (Å²) in [6.45, 7) is 0.598. The summed E-state index contributed by atoms with van der Waals surface area (Å²) in [5, 5.41) is 2.84. The van der Waals surface area contributed by atoms with Crippen molar-refractivity contribution in [1.29, 1.82) is 0 Å². The van der Waals surface area contributed by atoms with E-state index < -0.39 is 0 Å². The minimum Gasteiger partial charge on any atom is -0.330 e. The van der Waals surface area contributed by atoms with Crippen LogP contribution in [-0.4, -0.2) is 17.4 Å². The molecule has 2 atom stereocenters. The summed E-state index contributed by atoms with van der Waals surface area (Å²) in [6.07, 6.45) is 4.78. The quantitative estimate of drug-likeness (QED) is 0.807. The molecule has 4 heteroatoms. The molecule has 16 heavy (non-hydrogen) atoms. The number of aromatic nitrogens is 1. The third-order valence-electron chi connectivity index (χ3n) is 3.21. The van der Waals surface area contributed by atoms with Crippen LogP contribution in [0.5, 0.6) is 0 Å². The van der Waals surface area contributed by atoms with Gasteiger partial charge in [-0.1, -0.05) is 12.5 Å². The standard InChI is InChI=1S/C12H17N3O/c13-8-9-4-3-5-10(9)12(16)15-11-6-1-2-7-14-11/h1-2,6-7,9-10H,3-5,8,13H2,(H,14,15,16)/t9-,10-/m1/s1. The molecule has 2 rings (SSSR count). The van der Waals surface area contributed by atoms with Gasteiger partial charge in [0.2, 0.25) is 5.91 Å². The van der Waals surface area contributed by atoms with E-state index in [1.54, 1.807) is 12.3 Å². The maximum absolute atomic E-state index is 12.0. The lowest BCUT2D eigenvalue weighted by Gasteiger charge is -2.16. The minimum absolute atomic E-state index is 0.0617. The molecule has 1 amide bonds. The number of nitrogens with one attached hydrogen (secondary N) is 1. The molecule has 1 aromatic rings. The molecule has 0 bridgehead atoms. The van der Waals surface area contributed by atoms with Gasteiger partial charge in [-0.25, -0.2) is 4.98 Å². The Balaban J connectivity index is 1.98. The fraction of sp³-hybridized carbons (Fsp3) is 0.500. The van der Waals surface area contributed by atoms with E-state index in [1.165, 1.54) is 0 Å². The van der Waals surface area contributed by atoms with E-state index >= 15 is 0 Å². The Morgan fingerprint density at radius 2 is 2.38 bits per heavy atom. The minimum atomic E-state index is 0.0617. The smallest absolute Gasteiger partial charge is 0.228 e. The van der Waals surface area contributed by atoms with Crippen molar-refractivity contribution in [1.82, 2.24) is 4.98 Å². The van der Waals surface area contributed by atoms with Gasteiger partial charge in [-0.05, 0) is 37.4 Å². The van der Waals surface area contributed by atoms with E-state index in [2.05, 4.69) is 10.3 Å². The van der Waals surface area contributed by atoms with E-state index in [0.29, 0.717) is 18.3 Å². The first kappa shape index (κ1) is 11.1. The van der Waals surface area contributed by atoms with Gasteiger partial charge in [-0.2, -0.15) is 0 Å². The summed E-state index contributed by atoms with van der Waals surface area (Å²) in [6, 6.07) is 5.48. The number of hydrogen-bond donors (Lipinski definition) is 2. The fourth-order valence-corrected chi connectivity index (χ4v) is 2.32. The maximum atomic E-state index is 12.0. The van der Waals surface area contributed by atoms with E-state index in [9.17, 15) is 4.79 Å². The normalized spacial score (nSPS) is 24.3. The van der Waals surface area contributed by atoms with Gasteiger partial charge in [-0.3, -0.25) is 4.79 Å². The van der Waals surface area contributed by atoms with Crippen LogP contribution in [0.4, 0.5) is 5.82 Å². The fourth-order valence-electron chi connectivity index (χ4n) is 2.32. The van der Waals surface area contributed by atoms with Crippen LogP contribution in [0.3, 0.4) is 0 Å². The number of hydrogen-bond acceptors (Lipinski definition) is 3. The van der Waals surface area contributed by atoms with Gasteiger partial charge in [0.25, 0.3) is 0 Å². The van der Waals surface area contributed by atoms with Crippen molar-refractivity contribution in [2.75, 3.05) is 11.9 Å². The first-order valence-electron chi connectivity index (χ1n) is 5.73. The van der Waals surface area contributed by atoms with Crippen molar-refractivity contribution in [2.24, 2.45) is 17.6 Å². The lowest BCUT2D eigenvalue weighted by molar-refractivity contribution is -0.120. The van der Waals surface area contributed by atoms with Crippen LogP contribution in [-0.2, 0) is 4.79 Å². The van der Waals surface area contributed by atoms with Gasteiger partial charge in [0, 0.05) is 12.1 Å². The van der Waals surface area contributed by atoms with Gasteiger partial charge in [0.1, 0.15) is 5.82 Å². The Hall–Kier alpha value is -1.42. The molecule has 86 valence electrons. The summed E-state index contributed by atoms with van der Waals surface area (Å²) in [5.41, 5.74) is 5.66. The Kier molecular flexibility index (Phi) is 3.51. The van der Waals surface area contributed by atoms with E-state index in [1.807, 2.05) is 12.1 Å². The lowest BCUT2D eigenvalue weighted by atomic mass is 9.95. The van der Waals surface area contributed by atoms with Gasteiger partial charge in [0.05, 0.1) is 0 Å². The Morgan fingerprint density at radius 3 is 3.06 bits per heavy atom. The highest BCUT2D eigenvalue weighted by atomic mass is 16.2. The molecule has 0 unspecified atom stereocenters. The first-order chi connectivity index (χ1) is 7.81. The zero-order valence-electron chi connectivity index (χ0n) is 9.23. The van der Waals surface area contributed by atoms with Crippen LogP contribution in [0.2, 0.25) is 0 Å². The molecule has 3 N–H and O–H groups in total. The SMILES string of the molecule is NC[C@H]1CCC[C@H]1C(=O)Nc1ccccn1. The Morgan fingerprint density at radius 1 is 1.50 bits per heavy atom. The topological polar surface area (TPSA) is 68.0 Å². The molecular weight excluding hydrogens is 202 g/mol. The number of amides is 1. The number of carbonyl (C=O) groups is 1. The molecule has 0 saturated heterocycles. The van der Waals surface area contributed by atoms with Gasteiger partial charge >= 0.3 is 0 Å². The van der Waals surface area contributed by atoms with E-state index in [0.717, 1.165) is 19.3 Å². The average molecular weight is 219 g/mol. The second kappa shape index (κ2) is 5.07. The molecule has 0 spiro atoms. The molecule has 4 nitrogen and oxygen atoms in total. The number of nitrogens with zero attached hydrogens (tertiary/aromatic N) is 1. The van der Waals surface area contributed by atoms with Crippen molar-refractivity contribution in [2.45, 2.75) is 19.3 Å². The Bertz CT molecular complexity index is 353. The van der Waals surface area contributed by atoms with Gasteiger partial charge in [0.15, 0.2) is 0 Å². The predicted octanol–water partition coefficient (Wildman–Crippen LogP) is 1.40. The largest absolute Gasteiger partial charge is 0.330 e. The number of rotatable bonds is 3. The van der Waals surface area contributed by atoms with Crippen LogP contribution in [0.25, 0.3) is 0 Å². The molecule has 1 saturated carbocycles. The van der Waals surface area contributed by atoms with Crippen LogP contribution in [0, 0.1) is 11.8 Å². The van der Waals surface area contributed by atoms with E-state index in [4.69, 9.17) is 5.73 Å². The third-order valence-corrected chi connectivity index (χ3v) is 3.21. The highest BCUT2D eigenvalue weighted by Crippen LogP contribution is 2.31. The summed E-state index contributed by atoms with van der Waals surface area (Å²) < 4.78 is 0. The van der Waals surface area contributed by atoms with Crippen molar-refractivity contribution in [3.05, 3.63) is 24.4 Å². The zero-order chi connectivity index (χ0) is 11.4. The van der Waals surface area contributed by atoms with Crippen molar-refractivity contribution >= 4 is 11.7 Å². The van der Waals surface area contributed by atoms with Crippen LogP contribution >= 0.6 is 0 Å². The summed E-state index contributed by atoms with van der Waals surface area (Å²) in [7, 11) is 0. The molecule has 1 aromatic heterocycles. The van der Waals surface area contributed by atoms with Crippen molar-refractivity contribution in [3.8, 4) is 0 Å². The predicted molar refractivity (Wildman–Crippen MR) is 62.8 cm³/mol. The summed E-state index contributed by atoms with van der Waals surface area (Å²) in [5.74, 6) is 1.08. The maximum Gasteiger partial charge on any atom is 0.228 e. The van der Waals surface area contributed by atoms with Crippen LogP contribution < -0.4 is 11.1 Å². The number of nitrogens with two attached hydrogens (primary N) is 1.